The number of anilines is 2. The van der Waals surface area contributed by atoms with Crippen molar-refractivity contribution in [3.63, 3.8) is 0 Å². The number of benzene rings is 1. The summed E-state index contributed by atoms with van der Waals surface area (Å²) >= 11 is 0. The molecule has 1 aromatic carbocycles. The number of nitrogens with zero attached hydrogens (tertiary/aromatic N) is 2. The van der Waals surface area contributed by atoms with Crippen LogP contribution in [0.25, 0.3) is 0 Å². The van der Waals surface area contributed by atoms with Crippen LogP contribution in [0.3, 0.4) is 0 Å². The number of nitrogen functional groups attached to an aromatic ring is 1. The molecule has 0 spiro atoms. The lowest BCUT2D eigenvalue weighted by molar-refractivity contribution is 0.380. The standard InChI is InChI=1S/C11H14N4O/c1-8-9(12)3-2-4-10(8)13-6-5-11-14-7-15-16-11/h2-4,7,13H,5-6,12H2,1H3. The molecule has 0 unspecified atom stereocenters. The van der Waals surface area contributed by atoms with E-state index in [2.05, 4.69) is 15.5 Å². The molecule has 1 aromatic heterocycles. The van der Waals surface area contributed by atoms with E-state index < -0.39 is 0 Å². The molecule has 84 valence electrons. The van der Waals surface area contributed by atoms with Crippen LogP contribution >= 0.6 is 0 Å². The molecule has 0 saturated heterocycles. The summed E-state index contributed by atoms with van der Waals surface area (Å²) in [5, 5.41) is 6.83. The fraction of sp³-hybridized carbons (Fsp3) is 0.273. The highest BCUT2D eigenvalue weighted by molar-refractivity contribution is 5.62. The minimum Gasteiger partial charge on any atom is -0.398 e. The second kappa shape index (κ2) is 4.65. The Kier molecular flexibility index (Phi) is 3.05. The Labute approximate surface area is 93.7 Å². The van der Waals surface area contributed by atoms with Gasteiger partial charge in [-0.05, 0) is 24.6 Å². The number of nitrogens with one attached hydrogen (secondary N) is 1. The van der Waals surface area contributed by atoms with Crippen LogP contribution in [0.2, 0.25) is 0 Å². The van der Waals surface area contributed by atoms with Crippen LogP contribution in [-0.4, -0.2) is 16.7 Å². The van der Waals surface area contributed by atoms with Gasteiger partial charge in [0, 0.05) is 24.3 Å². The maximum atomic E-state index is 5.81. The van der Waals surface area contributed by atoms with Crippen LogP contribution in [0, 0.1) is 6.92 Å². The summed E-state index contributed by atoms with van der Waals surface area (Å²) < 4.78 is 4.90. The van der Waals surface area contributed by atoms with Crippen molar-refractivity contribution in [1.82, 2.24) is 10.1 Å². The molecule has 3 N–H and O–H groups in total. The van der Waals surface area contributed by atoms with Crippen molar-refractivity contribution in [3.05, 3.63) is 36.0 Å². The van der Waals surface area contributed by atoms with Gasteiger partial charge in [0.25, 0.3) is 0 Å². The summed E-state index contributed by atoms with van der Waals surface area (Å²) in [4.78, 5) is 3.94. The quantitative estimate of drug-likeness (QED) is 0.762. The molecule has 0 bridgehead atoms. The molecule has 5 nitrogen and oxygen atoms in total. The van der Waals surface area contributed by atoms with Gasteiger partial charge in [0.2, 0.25) is 5.89 Å². The first-order chi connectivity index (χ1) is 7.77. The molecule has 0 atom stereocenters. The molecule has 0 aliphatic carbocycles. The van der Waals surface area contributed by atoms with E-state index in [0.717, 1.165) is 23.5 Å². The van der Waals surface area contributed by atoms with Gasteiger partial charge >= 0.3 is 0 Å². The molecule has 0 aliphatic heterocycles. The third kappa shape index (κ3) is 2.31. The smallest absolute Gasteiger partial charge is 0.228 e. The minimum atomic E-state index is 0.633. The van der Waals surface area contributed by atoms with E-state index >= 15 is 0 Å². The Morgan fingerprint density at radius 3 is 3.06 bits per heavy atom. The van der Waals surface area contributed by atoms with E-state index in [-0.39, 0.29) is 0 Å². The fourth-order valence-electron chi connectivity index (χ4n) is 1.46. The molecular formula is C11H14N4O. The van der Waals surface area contributed by atoms with E-state index in [1.807, 2.05) is 25.1 Å². The van der Waals surface area contributed by atoms with Crippen molar-refractivity contribution in [2.24, 2.45) is 0 Å². The molecule has 0 radical (unpaired) electrons. The molecule has 0 amide bonds. The third-order valence-electron chi connectivity index (χ3n) is 2.44. The zero-order chi connectivity index (χ0) is 11.4. The van der Waals surface area contributed by atoms with Crippen molar-refractivity contribution in [1.29, 1.82) is 0 Å². The number of aromatic nitrogens is 2. The van der Waals surface area contributed by atoms with Gasteiger partial charge in [0.05, 0.1) is 0 Å². The minimum absolute atomic E-state index is 0.633. The topological polar surface area (TPSA) is 77.0 Å². The van der Waals surface area contributed by atoms with Crippen LogP contribution in [0.1, 0.15) is 11.5 Å². The van der Waals surface area contributed by atoms with Crippen molar-refractivity contribution < 1.29 is 4.52 Å². The van der Waals surface area contributed by atoms with Gasteiger partial charge in [-0.3, -0.25) is 0 Å². The number of hydrogen-bond acceptors (Lipinski definition) is 5. The first-order valence-electron chi connectivity index (χ1n) is 5.12. The Hall–Kier alpha value is -2.04. The molecular weight excluding hydrogens is 204 g/mol. The first kappa shape index (κ1) is 10.5. The molecule has 16 heavy (non-hydrogen) atoms. The molecule has 2 rings (SSSR count). The van der Waals surface area contributed by atoms with E-state index in [0.29, 0.717) is 12.3 Å². The maximum absolute atomic E-state index is 5.81. The van der Waals surface area contributed by atoms with Gasteiger partial charge in [-0.15, -0.1) is 0 Å². The highest BCUT2D eigenvalue weighted by atomic mass is 16.5. The van der Waals surface area contributed by atoms with Gasteiger partial charge in [-0.2, -0.15) is 4.98 Å². The van der Waals surface area contributed by atoms with Crippen LogP contribution in [-0.2, 0) is 6.42 Å². The Bertz CT molecular complexity index is 453. The Balaban J connectivity index is 1.92. The average molecular weight is 218 g/mol. The van der Waals surface area contributed by atoms with Crippen LogP contribution < -0.4 is 11.1 Å². The maximum Gasteiger partial charge on any atom is 0.228 e. The normalized spacial score (nSPS) is 10.3. The van der Waals surface area contributed by atoms with Crippen LogP contribution in [0.15, 0.2) is 29.0 Å². The lowest BCUT2D eigenvalue weighted by Crippen LogP contribution is -2.07. The number of hydrogen-bond donors (Lipinski definition) is 2. The second-order valence-corrected chi connectivity index (χ2v) is 3.53. The molecule has 1 heterocycles. The van der Waals surface area contributed by atoms with Gasteiger partial charge in [-0.1, -0.05) is 11.2 Å². The summed E-state index contributed by atoms with van der Waals surface area (Å²) in [6.45, 7) is 2.73. The lowest BCUT2D eigenvalue weighted by atomic mass is 10.1. The van der Waals surface area contributed by atoms with Gasteiger partial charge in [0.1, 0.15) is 0 Å². The summed E-state index contributed by atoms with van der Waals surface area (Å²) in [7, 11) is 0. The average Bonchev–Trinajstić information content (AvgIpc) is 2.77. The summed E-state index contributed by atoms with van der Waals surface area (Å²) in [5.41, 5.74) is 8.70. The molecule has 0 aliphatic rings. The van der Waals surface area contributed by atoms with Gasteiger partial charge < -0.3 is 15.6 Å². The van der Waals surface area contributed by atoms with Crippen LogP contribution in [0.4, 0.5) is 11.4 Å². The lowest BCUT2D eigenvalue weighted by Gasteiger charge is -2.09. The second-order valence-electron chi connectivity index (χ2n) is 3.53. The SMILES string of the molecule is Cc1c(N)cccc1NCCc1ncno1. The fourth-order valence-corrected chi connectivity index (χ4v) is 1.46. The third-order valence-corrected chi connectivity index (χ3v) is 2.44. The largest absolute Gasteiger partial charge is 0.398 e. The number of rotatable bonds is 4. The van der Waals surface area contributed by atoms with Gasteiger partial charge in [-0.25, -0.2) is 0 Å². The zero-order valence-corrected chi connectivity index (χ0v) is 9.10. The van der Waals surface area contributed by atoms with E-state index in [9.17, 15) is 0 Å². The van der Waals surface area contributed by atoms with Gasteiger partial charge in [0.15, 0.2) is 6.33 Å². The summed E-state index contributed by atoms with van der Waals surface area (Å²) in [6, 6.07) is 5.81. The van der Waals surface area contributed by atoms with E-state index in [1.165, 1.54) is 6.33 Å². The highest BCUT2D eigenvalue weighted by Gasteiger charge is 2.02. The van der Waals surface area contributed by atoms with Crippen molar-refractivity contribution >= 4 is 11.4 Å². The van der Waals surface area contributed by atoms with Crippen molar-refractivity contribution in [2.45, 2.75) is 13.3 Å². The Morgan fingerprint density at radius 1 is 1.44 bits per heavy atom. The van der Waals surface area contributed by atoms with Crippen molar-refractivity contribution in [2.75, 3.05) is 17.6 Å². The summed E-state index contributed by atoms with van der Waals surface area (Å²) in [6.07, 6.45) is 2.11. The molecule has 0 fully saturated rings. The molecule has 5 heteroatoms. The van der Waals surface area contributed by atoms with Crippen molar-refractivity contribution in [3.8, 4) is 0 Å². The highest BCUT2D eigenvalue weighted by Crippen LogP contribution is 2.20. The molecule has 0 saturated carbocycles. The zero-order valence-electron chi connectivity index (χ0n) is 9.10. The van der Waals surface area contributed by atoms with Crippen LogP contribution in [0.5, 0.6) is 0 Å². The Morgan fingerprint density at radius 2 is 2.31 bits per heavy atom. The number of nitrogens with two attached hydrogens (primary N) is 1. The monoisotopic (exact) mass is 218 g/mol. The predicted octanol–water partition coefficient (Wildman–Crippen LogP) is 1.61. The molecule has 2 aromatic rings. The predicted molar refractivity (Wildman–Crippen MR) is 62.1 cm³/mol. The van der Waals surface area contributed by atoms with E-state index in [1.54, 1.807) is 0 Å². The first-order valence-corrected chi connectivity index (χ1v) is 5.12. The van der Waals surface area contributed by atoms with E-state index in [4.69, 9.17) is 10.3 Å². The summed E-state index contributed by atoms with van der Waals surface area (Å²) in [5.74, 6) is 0.633.